The maximum atomic E-state index is 10.5. The SMILES string of the molecule is CC(=O)NCCSc1n[nH]c(N)n1. The molecule has 1 rings (SSSR count). The highest BCUT2D eigenvalue weighted by Gasteiger charge is 1.99. The molecule has 0 fully saturated rings. The molecule has 0 saturated heterocycles. The summed E-state index contributed by atoms with van der Waals surface area (Å²) in [7, 11) is 0. The first-order valence-electron chi connectivity index (χ1n) is 3.73. The number of carbonyl (C=O) groups excluding carboxylic acids is 1. The normalized spacial score (nSPS) is 9.92. The smallest absolute Gasteiger partial charge is 0.216 e. The van der Waals surface area contributed by atoms with Gasteiger partial charge in [0.05, 0.1) is 0 Å². The van der Waals surface area contributed by atoms with Crippen LogP contribution < -0.4 is 11.1 Å². The van der Waals surface area contributed by atoms with E-state index in [0.717, 1.165) is 5.75 Å². The number of aromatic amines is 1. The van der Waals surface area contributed by atoms with Crippen LogP contribution in [0.3, 0.4) is 0 Å². The molecule has 6 nitrogen and oxygen atoms in total. The lowest BCUT2D eigenvalue weighted by Crippen LogP contribution is -2.22. The van der Waals surface area contributed by atoms with Gasteiger partial charge in [0, 0.05) is 19.2 Å². The van der Waals surface area contributed by atoms with Gasteiger partial charge < -0.3 is 11.1 Å². The topological polar surface area (TPSA) is 96.7 Å². The zero-order chi connectivity index (χ0) is 9.68. The Balaban J connectivity index is 2.16. The van der Waals surface area contributed by atoms with Gasteiger partial charge in [-0.15, -0.1) is 5.10 Å². The molecule has 4 N–H and O–H groups in total. The van der Waals surface area contributed by atoms with E-state index in [1.165, 1.54) is 18.7 Å². The van der Waals surface area contributed by atoms with E-state index in [0.29, 0.717) is 17.6 Å². The number of aromatic nitrogens is 3. The van der Waals surface area contributed by atoms with Gasteiger partial charge in [-0.25, -0.2) is 5.10 Å². The molecule has 0 unspecified atom stereocenters. The Bertz CT molecular complexity index is 286. The number of anilines is 1. The predicted octanol–water partition coefficient (Wildman–Crippen LogP) is -0.385. The van der Waals surface area contributed by atoms with Crippen molar-refractivity contribution >= 4 is 23.6 Å². The molecule has 1 heterocycles. The van der Waals surface area contributed by atoms with E-state index < -0.39 is 0 Å². The average Bonchev–Trinajstić information content (AvgIpc) is 2.45. The number of nitrogens with zero attached hydrogens (tertiary/aromatic N) is 2. The third kappa shape index (κ3) is 3.79. The Morgan fingerprint density at radius 2 is 2.54 bits per heavy atom. The van der Waals surface area contributed by atoms with Crippen LogP contribution in [0.2, 0.25) is 0 Å². The van der Waals surface area contributed by atoms with Gasteiger partial charge in [-0.3, -0.25) is 4.79 Å². The van der Waals surface area contributed by atoms with Gasteiger partial charge in [0.1, 0.15) is 0 Å². The molecular formula is C6H11N5OS. The number of hydrogen-bond acceptors (Lipinski definition) is 5. The molecule has 0 spiro atoms. The molecule has 72 valence electrons. The van der Waals surface area contributed by atoms with E-state index in [9.17, 15) is 4.79 Å². The van der Waals surface area contributed by atoms with Crippen LogP contribution in [0.4, 0.5) is 5.95 Å². The summed E-state index contributed by atoms with van der Waals surface area (Å²) in [5.74, 6) is 1.01. The highest BCUT2D eigenvalue weighted by atomic mass is 32.2. The first-order valence-corrected chi connectivity index (χ1v) is 4.72. The highest BCUT2D eigenvalue weighted by Crippen LogP contribution is 2.11. The molecule has 0 atom stereocenters. The van der Waals surface area contributed by atoms with Crippen LogP contribution in [0.25, 0.3) is 0 Å². The van der Waals surface area contributed by atoms with E-state index in [4.69, 9.17) is 5.73 Å². The molecule has 0 saturated carbocycles. The van der Waals surface area contributed by atoms with Crippen molar-refractivity contribution in [3.63, 3.8) is 0 Å². The number of nitrogen functional groups attached to an aromatic ring is 1. The number of thioether (sulfide) groups is 1. The van der Waals surface area contributed by atoms with E-state index in [1.807, 2.05) is 0 Å². The minimum atomic E-state index is -0.0323. The first-order chi connectivity index (χ1) is 6.18. The first kappa shape index (κ1) is 9.85. The molecule has 1 amide bonds. The molecular weight excluding hydrogens is 190 g/mol. The monoisotopic (exact) mass is 201 g/mol. The Hall–Kier alpha value is -1.24. The Labute approximate surface area is 79.7 Å². The Morgan fingerprint density at radius 1 is 1.77 bits per heavy atom. The van der Waals surface area contributed by atoms with Gasteiger partial charge in [0.2, 0.25) is 17.0 Å². The summed E-state index contributed by atoms with van der Waals surface area (Å²) in [6, 6.07) is 0. The molecule has 0 aromatic carbocycles. The standard InChI is InChI=1S/C6H11N5OS/c1-4(12)8-2-3-13-6-9-5(7)10-11-6/h2-3H2,1H3,(H,8,12)(H3,7,9,10,11). The van der Waals surface area contributed by atoms with Crippen molar-refractivity contribution in [3.8, 4) is 0 Å². The van der Waals surface area contributed by atoms with Gasteiger partial charge in [0.25, 0.3) is 0 Å². The molecule has 0 aliphatic carbocycles. The summed E-state index contributed by atoms with van der Waals surface area (Å²) in [6.07, 6.45) is 0. The summed E-state index contributed by atoms with van der Waals surface area (Å²) >= 11 is 1.44. The summed E-state index contributed by atoms with van der Waals surface area (Å²) in [6.45, 7) is 2.09. The van der Waals surface area contributed by atoms with E-state index in [1.54, 1.807) is 0 Å². The Morgan fingerprint density at radius 3 is 3.08 bits per heavy atom. The lowest BCUT2D eigenvalue weighted by Gasteiger charge is -1.98. The lowest BCUT2D eigenvalue weighted by molar-refractivity contribution is -0.118. The number of nitrogens with two attached hydrogens (primary N) is 1. The maximum Gasteiger partial charge on any atom is 0.216 e. The molecule has 0 aliphatic rings. The van der Waals surface area contributed by atoms with E-state index in [2.05, 4.69) is 20.5 Å². The van der Waals surface area contributed by atoms with Crippen LogP contribution in [-0.4, -0.2) is 33.4 Å². The number of rotatable bonds is 4. The van der Waals surface area contributed by atoms with E-state index in [-0.39, 0.29) is 5.91 Å². The lowest BCUT2D eigenvalue weighted by atomic mass is 10.6. The fraction of sp³-hybridized carbons (Fsp3) is 0.500. The van der Waals surface area contributed by atoms with Crippen molar-refractivity contribution < 1.29 is 4.79 Å². The van der Waals surface area contributed by atoms with Gasteiger partial charge >= 0.3 is 0 Å². The number of amides is 1. The van der Waals surface area contributed by atoms with Gasteiger partial charge in [-0.05, 0) is 0 Å². The van der Waals surface area contributed by atoms with Crippen LogP contribution >= 0.6 is 11.8 Å². The van der Waals surface area contributed by atoms with Crippen molar-refractivity contribution in [2.24, 2.45) is 0 Å². The van der Waals surface area contributed by atoms with E-state index >= 15 is 0 Å². The minimum absolute atomic E-state index is 0.0323. The Kier molecular flexibility index (Phi) is 3.56. The largest absolute Gasteiger partial charge is 0.368 e. The summed E-state index contributed by atoms with van der Waals surface area (Å²) in [5, 5.41) is 9.61. The van der Waals surface area contributed by atoms with Crippen LogP contribution in [0.1, 0.15) is 6.92 Å². The molecule has 7 heteroatoms. The second-order valence-corrected chi connectivity index (χ2v) is 3.40. The van der Waals surface area contributed by atoms with Crippen LogP contribution in [-0.2, 0) is 4.79 Å². The quantitative estimate of drug-likeness (QED) is 0.455. The predicted molar refractivity (Wildman–Crippen MR) is 50.2 cm³/mol. The molecule has 0 bridgehead atoms. The zero-order valence-electron chi connectivity index (χ0n) is 7.20. The molecule has 1 aromatic rings. The van der Waals surface area contributed by atoms with Gasteiger partial charge in [-0.2, -0.15) is 4.98 Å². The third-order valence-electron chi connectivity index (χ3n) is 1.19. The fourth-order valence-electron chi connectivity index (χ4n) is 0.692. The molecule has 0 aliphatic heterocycles. The van der Waals surface area contributed by atoms with Crippen molar-refractivity contribution in [3.05, 3.63) is 0 Å². The summed E-state index contributed by atoms with van der Waals surface area (Å²) < 4.78 is 0. The number of H-pyrrole nitrogens is 1. The molecule has 0 radical (unpaired) electrons. The number of carbonyl (C=O) groups is 1. The average molecular weight is 201 g/mol. The second kappa shape index (κ2) is 4.70. The van der Waals surface area contributed by atoms with Crippen molar-refractivity contribution in [1.82, 2.24) is 20.5 Å². The molecule has 13 heavy (non-hydrogen) atoms. The van der Waals surface area contributed by atoms with Gasteiger partial charge in [-0.1, -0.05) is 11.8 Å². The summed E-state index contributed by atoms with van der Waals surface area (Å²) in [4.78, 5) is 14.4. The van der Waals surface area contributed by atoms with Crippen LogP contribution in [0.15, 0.2) is 5.16 Å². The van der Waals surface area contributed by atoms with Crippen LogP contribution in [0.5, 0.6) is 0 Å². The number of nitrogens with one attached hydrogen (secondary N) is 2. The maximum absolute atomic E-state index is 10.5. The van der Waals surface area contributed by atoms with Crippen molar-refractivity contribution in [2.75, 3.05) is 18.0 Å². The van der Waals surface area contributed by atoms with Gasteiger partial charge in [0.15, 0.2) is 0 Å². The molecule has 1 aromatic heterocycles. The van der Waals surface area contributed by atoms with Crippen molar-refractivity contribution in [1.29, 1.82) is 0 Å². The number of hydrogen-bond donors (Lipinski definition) is 3. The zero-order valence-corrected chi connectivity index (χ0v) is 8.02. The highest BCUT2D eigenvalue weighted by molar-refractivity contribution is 7.99. The fourth-order valence-corrected chi connectivity index (χ4v) is 1.35. The third-order valence-corrected chi connectivity index (χ3v) is 2.04. The second-order valence-electron chi connectivity index (χ2n) is 2.33. The van der Waals surface area contributed by atoms with Crippen molar-refractivity contribution in [2.45, 2.75) is 12.1 Å². The van der Waals surface area contributed by atoms with Crippen LogP contribution in [0, 0.1) is 0 Å². The summed E-state index contributed by atoms with van der Waals surface area (Å²) in [5.41, 5.74) is 5.32. The minimum Gasteiger partial charge on any atom is -0.368 e.